The minimum Gasteiger partial charge on any atom is -0.311 e. The molecule has 0 aromatic heterocycles. The van der Waals surface area contributed by atoms with Crippen molar-refractivity contribution in [1.29, 1.82) is 0 Å². The van der Waals surface area contributed by atoms with Crippen molar-refractivity contribution in [1.82, 2.24) is 0 Å². The van der Waals surface area contributed by atoms with E-state index in [0.29, 0.717) is 0 Å². The molecule has 2 aliphatic rings. The molecule has 0 amide bonds. The standard InChI is InChI=1S/C58H41BN4/c1-6-23-43(24-7-1)60(44-25-8-2-9-26-44)49-40-56-58-57(41-49)63(47-31-14-5-15-32-47)55-39-48(61(45-27-10-3-11-28-45)53-36-20-22-42-21-16-17-33-50(42)53)37-38-52(55)59(58)51-34-18-19-35-54(51)62(56)46-29-12-4-13-30-46/h1-41H. The number of hydrogen-bond acceptors (Lipinski definition) is 4. The van der Waals surface area contributed by atoms with Gasteiger partial charge in [-0.05, 0) is 119 Å². The molecule has 10 aromatic carbocycles. The molecule has 0 atom stereocenters. The number of rotatable bonds is 8. The maximum Gasteiger partial charge on any atom is 0.252 e. The predicted octanol–water partition coefficient (Wildman–Crippen LogP) is 13.9. The zero-order valence-corrected chi connectivity index (χ0v) is 34.5. The first-order valence-electron chi connectivity index (χ1n) is 21.6. The van der Waals surface area contributed by atoms with Crippen LogP contribution in [0.3, 0.4) is 0 Å². The molecule has 0 saturated heterocycles. The Morgan fingerprint density at radius 2 is 0.762 bits per heavy atom. The number of hydrogen-bond donors (Lipinski definition) is 0. The number of para-hydroxylation sites is 6. The fraction of sp³-hybridized carbons (Fsp3) is 0. The van der Waals surface area contributed by atoms with Crippen LogP contribution in [-0.4, -0.2) is 6.71 Å². The van der Waals surface area contributed by atoms with Crippen molar-refractivity contribution in [2.45, 2.75) is 0 Å². The fourth-order valence-electron chi connectivity index (χ4n) is 9.91. The summed E-state index contributed by atoms with van der Waals surface area (Å²) < 4.78 is 0. The SMILES string of the molecule is c1ccc(N(c2ccccc2)c2cc3c4c(c2)N(c2ccccc2)c2cc(N(c5ccccc5)c5cccc6ccccc56)ccc2B4c2ccccc2N3c2ccccc2)cc1. The van der Waals surface area contributed by atoms with Crippen molar-refractivity contribution in [2.24, 2.45) is 0 Å². The van der Waals surface area contributed by atoms with Crippen LogP contribution in [0.1, 0.15) is 0 Å². The van der Waals surface area contributed by atoms with Crippen molar-refractivity contribution in [3.05, 3.63) is 249 Å². The Morgan fingerprint density at radius 1 is 0.302 bits per heavy atom. The van der Waals surface area contributed by atoms with Gasteiger partial charge in [0, 0.05) is 62.3 Å². The highest BCUT2D eigenvalue weighted by Crippen LogP contribution is 2.49. The van der Waals surface area contributed by atoms with Crippen LogP contribution in [0.4, 0.5) is 68.2 Å². The van der Waals surface area contributed by atoms with Crippen LogP contribution >= 0.6 is 0 Å². The predicted molar refractivity (Wildman–Crippen MR) is 267 cm³/mol. The first-order chi connectivity index (χ1) is 31.3. The normalized spacial score (nSPS) is 12.3. The third kappa shape index (κ3) is 6.16. The van der Waals surface area contributed by atoms with E-state index in [9.17, 15) is 0 Å². The number of benzene rings is 10. The number of anilines is 12. The summed E-state index contributed by atoms with van der Waals surface area (Å²) in [5, 5.41) is 2.40. The maximum absolute atomic E-state index is 2.51. The third-order valence-corrected chi connectivity index (χ3v) is 12.5. The van der Waals surface area contributed by atoms with Gasteiger partial charge in [0.05, 0.1) is 11.4 Å². The van der Waals surface area contributed by atoms with Crippen molar-refractivity contribution < 1.29 is 0 Å². The van der Waals surface area contributed by atoms with Crippen molar-refractivity contribution in [3.8, 4) is 0 Å². The summed E-state index contributed by atoms with van der Waals surface area (Å²) in [5.74, 6) is 0. The van der Waals surface area contributed by atoms with Crippen molar-refractivity contribution in [2.75, 3.05) is 19.6 Å². The number of nitrogens with zero attached hydrogens (tertiary/aromatic N) is 4. The van der Waals surface area contributed by atoms with Gasteiger partial charge in [-0.15, -0.1) is 0 Å². The molecular formula is C58H41BN4. The molecular weight excluding hydrogens is 763 g/mol. The molecule has 0 saturated carbocycles. The van der Waals surface area contributed by atoms with E-state index in [0.717, 1.165) is 62.6 Å². The lowest BCUT2D eigenvalue weighted by Crippen LogP contribution is -2.61. The Hall–Kier alpha value is -8.28. The topological polar surface area (TPSA) is 13.0 Å². The molecule has 296 valence electrons. The zero-order chi connectivity index (χ0) is 41.7. The molecule has 0 aliphatic carbocycles. The lowest BCUT2D eigenvalue weighted by molar-refractivity contribution is 1.22. The minimum absolute atomic E-state index is 0.0335. The van der Waals surface area contributed by atoms with Crippen LogP contribution < -0.4 is 36.0 Å². The second kappa shape index (κ2) is 15.3. The van der Waals surface area contributed by atoms with E-state index >= 15 is 0 Å². The highest BCUT2D eigenvalue weighted by molar-refractivity contribution is 7.00. The molecule has 2 aliphatic heterocycles. The van der Waals surface area contributed by atoms with E-state index in [2.05, 4.69) is 268 Å². The van der Waals surface area contributed by atoms with Gasteiger partial charge in [0.25, 0.3) is 6.71 Å². The van der Waals surface area contributed by atoms with Gasteiger partial charge in [-0.2, -0.15) is 0 Å². The largest absolute Gasteiger partial charge is 0.311 e. The van der Waals surface area contributed by atoms with Gasteiger partial charge in [-0.3, -0.25) is 0 Å². The first kappa shape index (κ1) is 36.6. The van der Waals surface area contributed by atoms with E-state index < -0.39 is 0 Å². The average Bonchev–Trinajstić information content (AvgIpc) is 3.35. The summed E-state index contributed by atoms with van der Waals surface area (Å²) in [5.41, 5.74) is 17.2. The molecule has 0 fully saturated rings. The smallest absolute Gasteiger partial charge is 0.252 e. The van der Waals surface area contributed by atoms with Crippen LogP contribution in [0.5, 0.6) is 0 Å². The third-order valence-electron chi connectivity index (χ3n) is 12.5. The molecule has 5 heteroatoms. The van der Waals surface area contributed by atoms with Crippen molar-refractivity contribution in [3.63, 3.8) is 0 Å². The summed E-state index contributed by atoms with van der Waals surface area (Å²) in [7, 11) is 0. The van der Waals surface area contributed by atoms with Gasteiger partial charge in [-0.1, -0.05) is 152 Å². The molecule has 12 rings (SSSR count). The monoisotopic (exact) mass is 804 g/mol. The van der Waals surface area contributed by atoms with Crippen LogP contribution in [0, 0.1) is 0 Å². The maximum atomic E-state index is 2.51. The summed E-state index contributed by atoms with van der Waals surface area (Å²) in [4.78, 5) is 9.79. The molecule has 0 N–H and O–H groups in total. The molecule has 2 heterocycles. The van der Waals surface area contributed by atoms with Crippen LogP contribution in [0.2, 0.25) is 0 Å². The molecule has 0 unspecified atom stereocenters. The first-order valence-corrected chi connectivity index (χ1v) is 21.6. The van der Waals surface area contributed by atoms with E-state index in [-0.39, 0.29) is 6.71 Å². The minimum atomic E-state index is -0.0335. The summed E-state index contributed by atoms with van der Waals surface area (Å²) in [6.07, 6.45) is 0. The van der Waals surface area contributed by atoms with Gasteiger partial charge in [0.1, 0.15) is 0 Å². The van der Waals surface area contributed by atoms with Crippen molar-refractivity contribution >= 4 is 102 Å². The van der Waals surface area contributed by atoms with Gasteiger partial charge in [-0.25, -0.2) is 0 Å². The average molecular weight is 805 g/mol. The van der Waals surface area contributed by atoms with E-state index in [1.54, 1.807) is 0 Å². The second-order valence-electron chi connectivity index (χ2n) is 16.2. The zero-order valence-electron chi connectivity index (χ0n) is 34.5. The second-order valence-corrected chi connectivity index (χ2v) is 16.2. The van der Waals surface area contributed by atoms with E-state index in [4.69, 9.17) is 0 Å². The van der Waals surface area contributed by atoms with Crippen LogP contribution in [0.25, 0.3) is 10.8 Å². The lowest BCUT2D eigenvalue weighted by Gasteiger charge is -2.45. The Balaban J connectivity index is 1.17. The van der Waals surface area contributed by atoms with Crippen LogP contribution in [0.15, 0.2) is 249 Å². The highest BCUT2D eigenvalue weighted by Gasteiger charge is 2.44. The Morgan fingerprint density at radius 3 is 1.38 bits per heavy atom. The van der Waals surface area contributed by atoms with Gasteiger partial charge < -0.3 is 19.6 Å². The molecule has 0 radical (unpaired) electrons. The number of fused-ring (bicyclic) bond motifs is 5. The molecule has 10 aromatic rings. The molecule has 0 bridgehead atoms. The van der Waals surface area contributed by atoms with Gasteiger partial charge in [0.2, 0.25) is 0 Å². The highest BCUT2D eigenvalue weighted by atomic mass is 15.2. The summed E-state index contributed by atoms with van der Waals surface area (Å²) in [6, 6.07) is 90.3. The lowest BCUT2D eigenvalue weighted by atomic mass is 9.33. The molecule has 63 heavy (non-hydrogen) atoms. The van der Waals surface area contributed by atoms with E-state index in [1.807, 2.05) is 0 Å². The van der Waals surface area contributed by atoms with E-state index in [1.165, 1.54) is 32.8 Å². The Labute approximate surface area is 368 Å². The quantitative estimate of drug-likeness (QED) is 0.142. The fourth-order valence-corrected chi connectivity index (χ4v) is 9.91. The van der Waals surface area contributed by atoms with Gasteiger partial charge in [0.15, 0.2) is 0 Å². The Kier molecular flexibility index (Phi) is 8.89. The summed E-state index contributed by atoms with van der Waals surface area (Å²) >= 11 is 0. The molecule has 0 spiro atoms. The van der Waals surface area contributed by atoms with Gasteiger partial charge >= 0.3 is 0 Å². The Bertz CT molecular complexity index is 3210. The van der Waals surface area contributed by atoms with Crippen LogP contribution in [-0.2, 0) is 0 Å². The summed E-state index contributed by atoms with van der Waals surface area (Å²) in [6.45, 7) is -0.0335. The molecule has 4 nitrogen and oxygen atoms in total.